The summed E-state index contributed by atoms with van der Waals surface area (Å²) in [4.78, 5) is 0. The van der Waals surface area contributed by atoms with Crippen molar-refractivity contribution >= 4 is 11.8 Å². The van der Waals surface area contributed by atoms with Crippen molar-refractivity contribution in [1.82, 2.24) is 0 Å². The van der Waals surface area contributed by atoms with Gasteiger partial charge < -0.3 is 0 Å². The van der Waals surface area contributed by atoms with Crippen LogP contribution in [0.1, 0.15) is 25.0 Å². The van der Waals surface area contributed by atoms with Crippen molar-refractivity contribution in [2.24, 2.45) is 0 Å². The van der Waals surface area contributed by atoms with Crippen LogP contribution in [0.25, 0.3) is 0 Å². The molecule has 1 rings (SSSR count). The molecule has 0 radical (unpaired) electrons. The van der Waals surface area contributed by atoms with Crippen molar-refractivity contribution in [3.8, 4) is 0 Å². The molecule has 0 heterocycles. The van der Waals surface area contributed by atoms with Crippen LogP contribution in [0.4, 0.5) is 0 Å². The summed E-state index contributed by atoms with van der Waals surface area (Å²) in [6, 6.07) is 8.52. The molecule has 0 aliphatic heterocycles. The molecule has 0 bridgehead atoms. The number of hydrogen-bond acceptors (Lipinski definition) is 1. The highest BCUT2D eigenvalue weighted by atomic mass is 32.2. The Morgan fingerprint density at radius 1 is 1.17 bits per heavy atom. The van der Waals surface area contributed by atoms with E-state index in [1.54, 1.807) is 0 Å². The van der Waals surface area contributed by atoms with Crippen LogP contribution >= 0.6 is 11.8 Å². The number of rotatable bonds is 2. The average Bonchev–Trinajstić information content (AvgIpc) is 2.13. The number of aryl methyl sites for hydroxylation is 1. The van der Waals surface area contributed by atoms with Crippen LogP contribution in [-0.2, 0) is 5.75 Å². The first kappa shape index (κ1) is 11.6. The summed E-state index contributed by atoms with van der Waals surface area (Å²) in [6.07, 6.45) is 2.13. The number of benzene rings is 1. The first-order valence-electron chi connectivity index (χ1n) is 4.38. The van der Waals surface area contributed by atoms with E-state index in [0.29, 0.717) is 0 Å². The fourth-order valence-corrected chi connectivity index (χ4v) is 1.56. The molecule has 0 fully saturated rings. The van der Waals surface area contributed by atoms with Gasteiger partial charge in [-0.3, -0.25) is 0 Å². The van der Waals surface area contributed by atoms with Crippen LogP contribution in [-0.4, -0.2) is 6.26 Å². The highest BCUT2D eigenvalue weighted by Gasteiger charge is 1.92. The maximum Gasteiger partial charge on any atom is 0.0184 e. The third-order valence-electron chi connectivity index (χ3n) is 1.56. The van der Waals surface area contributed by atoms with Crippen molar-refractivity contribution in [2.45, 2.75) is 26.5 Å². The first-order chi connectivity index (χ1) is 5.84. The Labute approximate surface area is 80.4 Å². The standard InChI is InChI=1S/C9H12S.C2H6/c1-8-5-3-4-6-9(8)7-10-2;1-2/h3-6H,7H2,1-2H3;1-2H3. The van der Waals surface area contributed by atoms with Crippen LogP contribution < -0.4 is 0 Å². The molecular weight excluding hydrogens is 164 g/mol. The molecule has 0 nitrogen and oxygen atoms in total. The summed E-state index contributed by atoms with van der Waals surface area (Å²) in [5.41, 5.74) is 2.85. The largest absolute Gasteiger partial charge is 0.161 e. The lowest BCUT2D eigenvalue weighted by molar-refractivity contribution is 1.31. The van der Waals surface area contributed by atoms with Gasteiger partial charge in [-0.15, -0.1) is 0 Å². The van der Waals surface area contributed by atoms with Crippen molar-refractivity contribution in [1.29, 1.82) is 0 Å². The molecule has 0 amide bonds. The van der Waals surface area contributed by atoms with Gasteiger partial charge in [0, 0.05) is 5.75 Å². The smallest absolute Gasteiger partial charge is 0.0184 e. The van der Waals surface area contributed by atoms with Crippen LogP contribution in [0.5, 0.6) is 0 Å². The van der Waals surface area contributed by atoms with Crippen molar-refractivity contribution in [2.75, 3.05) is 6.26 Å². The third kappa shape index (κ3) is 3.82. The number of thioether (sulfide) groups is 1. The second-order valence-corrected chi connectivity index (χ2v) is 3.23. The predicted molar refractivity (Wildman–Crippen MR) is 59.7 cm³/mol. The van der Waals surface area contributed by atoms with Gasteiger partial charge in [-0.25, -0.2) is 0 Å². The zero-order chi connectivity index (χ0) is 9.40. The van der Waals surface area contributed by atoms with Crippen LogP contribution in [0.15, 0.2) is 24.3 Å². The molecular formula is C11H18S. The molecule has 1 heteroatoms. The summed E-state index contributed by atoms with van der Waals surface area (Å²) < 4.78 is 0. The summed E-state index contributed by atoms with van der Waals surface area (Å²) in [7, 11) is 0. The minimum atomic E-state index is 1.13. The number of hydrogen-bond donors (Lipinski definition) is 0. The SMILES string of the molecule is CC.CSCc1ccccc1C. The average molecular weight is 182 g/mol. The Balaban J connectivity index is 0.000000561. The zero-order valence-corrected chi connectivity index (χ0v) is 9.24. The topological polar surface area (TPSA) is 0 Å². The maximum atomic E-state index is 2.19. The highest BCUT2D eigenvalue weighted by molar-refractivity contribution is 7.97. The minimum absolute atomic E-state index is 1.13. The Kier molecular flexibility index (Phi) is 6.97. The van der Waals surface area contributed by atoms with Gasteiger partial charge in [0.05, 0.1) is 0 Å². The molecule has 0 unspecified atom stereocenters. The predicted octanol–water partition coefficient (Wildman–Crippen LogP) is 3.88. The Hall–Kier alpha value is -0.430. The van der Waals surface area contributed by atoms with Gasteiger partial charge in [0.15, 0.2) is 0 Å². The van der Waals surface area contributed by atoms with E-state index in [-0.39, 0.29) is 0 Å². The fourth-order valence-electron chi connectivity index (χ4n) is 0.928. The summed E-state index contributed by atoms with van der Waals surface area (Å²) in [5.74, 6) is 1.13. The third-order valence-corrected chi connectivity index (χ3v) is 2.16. The first-order valence-corrected chi connectivity index (χ1v) is 5.77. The molecule has 1 aromatic carbocycles. The summed E-state index contributed by atoms with van der Waals surface area (Å²) in [6.45, 7) is 6.16. The van der Waals surface area contributed by atoms with Crippen LogP contribution in [0.2, 0.25) is 0 Å². The molecule has 0 aliphatic rings. The quantitative estimate of drug-likeness (QED) is 0.669. The van der Waals surface area contributed by atoms with Gasteiger partial charge in [0.2, 0.25) is 0 Å². The fraction of sp³-hybridized carbons (Fsp3) is 0.455. The molecule has 12 heavy (non-hydrogen) atoms. The Morgan fingerprint density at radius 2 is 1.75 bits per heavy atom. The van der Waals surface area contributed by atoms with E-state index in [1.807, 2.05) is 25.6 Å². The van der Waals surface area contributed by atoms with E-state index in [4.69, 9.17) is 0 Å². The Morgan fingerprint density at radius 3 is 2.25 bits per heavy atom. The lowest BCUT2D eigenvalue weighted by atomic mass is 10.1. The van der Waals surface area contributed by atoms with Gasteiger partial charge >= 0.3 is 0 Å². The van der Waals surface area contributed by atoms with Gasteiger partial charge in [-0.2, -0.15) is 11.8 Å². The minimum Gasteiger partial charge on any atom is -0.161 e. The molecule has 0 aliphatic carbocycles. The second-order valence-electron chi connectivity index (χ2n) is 2.36. The van der Waals surface area contributed by atoms with Crippen molar-refractivity contribution < 1.29 is 0 Å². The van der Waals surface area contributed by atoms with E-state index in [9.17, 15) is 0 Å². The molecule has 0 spiro atoms. The second kappa shape index (κ2) is 7.23. The molecule has 0 aromatic heterocycles. The Bertz CT molecular complexity index is 206. The van der Waals surface area contributed by atoms with Gasteiger partial charge in [-0.05, 0) is 24.3 Å². The van der Waals surface area contributed by atoms with Crippen LogP contribution in [0.3, 0.4) is 0 Å². The highest BCUT2D eigenvalue weighted by Crippen LogP contribution is 2.12. The van der Waals surface area contributed by atoms with E-state index >= 15 is 0 Å². The van der Waals surface area contributed by atoms with E-state index in [1.165, 1.54) is 11.1 Å². The normalized spacial score (nSPS) is 8.67. The van der Waals surface area contributed by atoms with Gasteiger partial charge in [0.1, 0.15) is 0 Å². The molecule has 0 atom stereocenters. The lowest BCUT2D eigenvalue weighted by Gasteiger charge is -2.00. The van der Waals surface area contributed by atoms with E-state index < -0.39 is 0 Å². The van der Waals surface area contributed by atoms with Crippen molar-refractivity contribution in [3.63, 3.8) is 0 Å². The molecule has 0 saturated heterocycles. The maximum absolute atomic E-state index is 2.19. The van der Waals surface area contributed by atoms with Gasteiger partial charge in [-0.1, -0.05) is 38.1 Å². The van der Waals surface area contributed by atoms with Crippen molar-refractivity contribution in [3.05, 3.63) is 35.4 Å². The molecule has 0 saturated carbocycles. The van der Waals surface area contributed by atoms with Gasteiger partial charge in [0.25, 0.3) is 0 Å². The molecule has 1 aromatic rings. The van der Waals surface area contributed by atoms with E-state index in [0.717, 1.165) is 5.75 Å². The molecule has 0 N–H and O–H groups in total. The zero-order valence-electron chi connectivity index (χ0n) is 8.42. The summed E-state index contributed by atoms with van der Waals surface area (Å²) >= 11 is 1.87. The molecule has 68 valence electrons. The lowest BCUT2D eigenvalue weighted by Crippen LogP contribution is -1.83. The summed E-state index contributed by atoms with van der Waals surface area (Å²) in [5, 5.41) is 0. The van der Waals surface area contributed by atoms with E-state index in [2.05, 4.69) is 37.4 Å². The monoisotopic (exact) mass is 182 g/mol. The van der Waals surface area contributed by atoms with Crippen LogP contribution in [0, 0.1) is 6.92 Å².